The second kappa shape index (κ2) is 2.88. The van der Waals surface area contributed by atoms with Crippen LogP contribution in [0, 0.1) is 11.3 Å². The maximum atomic E-state index is 10.8. The van der Waals surface area contributed by atoms with E-state index in [4.69, 9.17) is 5.26 Å². The highest BCUT2D eigenvalue weighted by atomic mass is 16.5. The van der Waals surface area contributed by atoms with Crippen LogP contribution in [0.5, 0.6) is 0 Å². The van der Waals surface area contributed by atoms with Crippen molar-refractivity contribution >= 4 is 5.97 Å². The van der Waals surface area contributed by atoms with Crippen LogP contribution in [0.2, 0.25) is 0 Å². The monoisotopic (exact) mass is 150 g/mol. The van der Waals surface area contributed by atoms with Gasteiger partial charge in [-0.3, -0.25) is 0 Å². The molecular weight excluding hydrogens is 144 g/mol. The number of nitrogens with one attached hydrogen (secondary N) is 1. The molecule has 0 atom stereocenters. The number of nitrogens with zero attached hydrogens (tertiary/aromatic N) is 1. The Morgan fingerprint density at radius 1 is 1.73 bits per heavy atom. The van der Waals surface area contributed by atoms with Gasteiger partial charge in [0.05, 0.1) is 7.11 Å². The molecule has 0 amide bonds. The summed E-state index contributed by atoms with van der Waals surface area (Å²) in [6.07, 6.45) is 0. The maximum absolute atomic E-state index is 10.8. The zero-order valence-electron chi connectivity index (χ0n) is 5.92. The molecule has 1 rings (SSSR count). The summed E-state index contributed by atoms with van der Waals surface area (Å²) in [5.74, 6) is -0.466. The first-order valence-corrected chi connectivity index (χ1v) is 2.95. The number of aromatic amines is 1. The predicted molar refractivity (Wildman–Crippen MR) is 36.8 cm³/mol. The second-order valence-electron chi connectivity index (χ2n) is 1.89. The fourth-order valence-electron chi connectivity index (χ4n) is 0.689. The molecule has 0 radical (unpaired) electrons. The molecule has 1 aromatic heterocycles. The average molecular weight is 150 g/mol. The zero-order chi connectivity index (χ0) is 8.27. The number of carbonyl (C=O) groups is 1. The topological polar surface area (TPSA) is 65.9 Å². The lowest BCUT2D eigenvalue weighted by Crippen LogP contribution is -2.00. The summed E-state index contributed by atoms with van der Waals surface area (Å²) in [5.41, 5.74) is 0.648. The summed E-state index contributed by atoms with van der Waals surface area (Å²) >= 11 is 0. The number of esters is 1. The molecule has 0 aliphatic carbocycles. The SMILES string of the molecule is COC(=O)c1ccc(C#N)[nH]1. The molecule has 4 heteroatoms. The summed E-state index contributed by atoms with van der Waals surface area (Å²) in [5, 5.41) is 8.37. The van der Waals surface area contributed by atoms with Gasteiger partial charge in [-0.05, 0) is 12.1 Å². The first kappa shape index (κ1) is 7.35. The third kappa shape index (κ3) is 1.38. The van der Waals surface area contributed by atoms with Crippen molar-refractivity contribution in [1.82, 2.24) is 4.98 Å². The van der Waals surface area contributed by atoms with E-state index in [-0.39, 0.29) is 0 Å². The molecule has 0 saturated heterocycles. The van der Waals surface area contributed by atoms with Crippen molar-refractivity contribution < 1.29 is 9.53 Å². The molecule has 0 aliphatic rings. The lowest BCUT2D eigenvalue weighted by atomic mass is 10.4. The second-order valence-corrected chi connectivity index (χ2v) is 1.89. The minimum absolute atomic E-state index is 0.295. The molecule has 1 N–H and O–H groups in total. The molecule has 0 bridgehead atoms. The van der Waals surface area contributed by atoms with Gasteiger partial charge in [-0.1, -0.05) is 0 Å². The number of carbonyl (C=O) groups excluding carboxylic acids is 1. The van der Waals surface area contributed by atoms with Gasteiger partial charge in [-0.25, -0.2) is 4.79 Å². The number of nitriles is 1. The molecule has 56 valence electrons. The number of hydrogen-bond donors (Lipinski definition) is 1. The van der Waals surface area contributed by atoms with Gasteiger partial charge in [-0.15, -0.1) is 0 Å². The smallest absolute Gasteiger partial charge is 0.354 e. The first-order chi connectivity index (χ1) is 5.27. The fourth-order valence-corrected chi connectivity index (χ4v) is 0.689. The van der Waals surface area contributed by atoms with Crippen LogP contribution in [-0.2, 0) is 4.74 Å². The van der Waals surface area contributed by atoms with E-state index in [0.717, 1.165) is 0 Å². The van der Waals surface area contributed by atoms with E-state index in [0.29, 0.717) is 11.4 Å². The van der Waals surface area contributed by atoms with E-state index in [1.54, 1.807) is 0 Å². The van der Waals surface area contributed by atoms with Gasteiger partial charge in [0.25, 0.3) is 0 Å². The Hall–Kier alpha value is -1.76. The average Bonchev–Trinajstić information content (AvgIpc) is 2.50. The van der Waals surface area contributed by atoms with Crippen LogP contribution in [-0.4, -0.2) is 18.1 Å². The Labute approximate surface area is 63.4 Å². The largest absolute Gasteiger partial charge is 0.464 e. The lowest BCUT2D eigenvalue weighted by molar-refractivity contribution is 0.0595. The summed E-state index contributed by atoms with van der Waals surface area (Å²) in [6.45, 7) is 0. The molecule has 0 aliphatic heterocycles. The van der Waals surface area contributed by atoms with Crippen molar-refractivity contribution in [3.05, 3.63) is 23.5 Å². The van der Waals surface area contributed by atoms with E-state index in [9.17, 15) is 4.79 Å². The standard InChI is InChI=1S/C7H6N2O2/c1-11-7(10)6-3-2-5(4-8)9-6/h2-3,9H,1H3. The van der Waals surface area contributed by atoms with Crippen LogP contribution >= 0.6 is 0 Å². The summed E-state index contributed by atoms with van der Waals surface area (Å²) in [7, 11) is 1.29. The van der Waals surface area contributed by atoms with Gasteiger partial charge < -0.3 is 9.72 Å². The van der Waals surface area contributed by atoms with Crippen LogP contribution in [0.3, 0.4) is 0 Å². The Bertz CT molecular complexity index is 308. The van der Waals surface area contributed by atoms with Gasteiger partial charge in [0.15, 0.2) is 0 Å². The lowest BCUT2D eigenvalue weighted by Gasteiger charge is -1.91. The van der Waals surface area contributed by atoms with Crippen LogP contribution in [0.15, 0.2) is 12.1 Å². The van der Waals surface area contributed by atoms with Crippen molar-refractivity contribution in [2.45, 2.75) is 0 Å². The quantitative estimate of drug-likeness (QED) is 0.598. The molecule has 0 fully saturated rings. The first-order valence-electron chi connectivity index (χ1n) is 2.95. The van der Waals surface area contributed by atoms with Crippen molar-refractivity contribution in [3.8, 4) is 6.07 Å². The van der Waals surface area contributed by atoms with Gasteiger partial charge in [-0.2, -0.15) is 5.26 Å². The van der Waals surface area contributed by atoms with Gasteiger partial charge in [0.2, 0.25) is 0 Å². The summed E-state index contributed by atoms with van der Waals surface area (Å²) in [4.78, 5) is 13.4. The van der Waals surface area contributed by atoms with E-state index < -0.39 is 5.97 Å². The molecule has 0 spiro atoms. The van der Waals surface area contributed by atoms with Crippen molar-refractivity contribution in [3.63, 3.8) is 0 Å². The van der Waals surface area contributed by atoms with E-state index in [2.05, 4.69) is 9.72 Å². The number of methoxy groups -OCH3 is 1. The van der Waals surface area contributed by atoms with Crippen LogP contribution in [0.1, 0.15) is 16.2 Å². The number of H-pyrrole nitrogens is 1. The molecule has 0 unspecified atom stereocenters. The molecule has 11 heavy (non-hydrogen) atoms. The number of ether oxygens (including phenoxy) is 1. The van der Waals surface area contributed by atoms with Crippen molar-refractivity contribution in [1.29, 1.82) is 5.26 Å². The minimum Gasteiger partial charge on any atom is -0.464 e. The Balaban J connectivity index is 2.91. The highest BCUT2D eigenvalue weighted by Gasteiger charge is 2.06. The molecule has 0 saturated carbocycles. The Morgan fingerprint density at radius 2 is 2.45 bits per heavy atom. The molecule has 1 aromatic rings. The van der Waals surface area contributed by atoms with Crippen LogP contribution < -0.4 is 0 Å². The number of hydrogen-bond acceptors (Lipinski definition) is 3. The van der Waals surface area contributed by atoms with Gasteiger partial charge in [0.1, 0.15) is 17.5 Å². The van der Waals surface area contributed by atoms with E-state index in [1.807, 2.05) is 6.07 Å². The van der Waals surface area contributed by atoms with Gasteiger partial charge in [0, 0.05) is 0 Å². The zero-order valence-corrected chi connectivity index (χ0v) is 5.92. The normalized spacial score (nSPS) is 8.73. The Morgan fingerprint density at radius 3 is 2.91 bits per heavy atom. The highest BCUT2D eigenvalue weighted by molar-refractivity contribution is 5.87. The van der Waals surface area contributed by atoms with E-state index >= 15 is 0 Å². The van der Waals surface area contributed by atoms with Gasteiger partial charge >= 0.3 is 5.97 Å². The molecular formula is C7H6N2O2. The number of rotatable bonds is 1. The van der Waals surface area contributed by atoms with Crippen molar-refractivity contribution in [2.24, 2.45) is 0 Å². The molecule has 1 heterocycles. The van der Waals surface area contributed by atoms with Crippen molar-refractivity contribution in [2.75, 3.05) is 7.11 Å². The summed E-state index contributed by atoms with van der Waals surface area (Å²) < 4.78 is 4.41. The Kier molecular flexibility index (Phi) is 1.93. The molecule has 4 nitrogen and oxygen atoms in total. The summed E-state index contributed by atoms with van der Waals surface area (Å²) in [6, 6.07) is 4.89. The predicted octanol–water partition coefficient (Wildman–Crippen LogP) is 0.673. The number of aromatic nitrogens is 1. The third-order valence-electron chi connectivity index (χ3n) is 1.21. The van der Waals surface area contributed by atoms with Crippen LogP contribution in [0.4, 0.5) is 0 Å². The highest BCUT2D eigenvalue weighted by Crippen LogP contribution is 2.01. The third-order valence-corrected chi connectivity index (χ3v) is 1.21. The van der Waals surface area contributed by atoms with E-state index in [1.165, 1.54) is 19.2 Å². The van der Waals surface area contributed by atoms with Crippen LogP contribution in [0.25, 0.3) is 0 Å². The minimum atomic E-state index is -0.466. The molecule has 0 aromatic carbocycles. The maximum Gasteiger partial charge on any atom is 0.354 e. The fraction of sp³-hybridized carbons (Fsp3) is 0.143.